The number of aliphatic hydroxyl groups excluding tert-OH is 2. The van der Waals surface area contributed by atoms with Crippen LogP contribution in [0.15, 0.2) is 12.3 Å². The van der Waals surface area contributed by atoms with Crippen LogP contribution in [0.4, 0.5) is 0 Å². The molecule has 1 aromatic rings. The normalized spacial score (nSPS) is 20.2. The van der Waals surface area contributed by atoms with E-state index in [1.807, 2.05) is 0 Å². The number of carbonyl (C=O) groups excluding carboxylic acids is 1. The van der Waals surface area contributed by atoms with Crippen molar-refractivity contribution in [2.45, 2.75) is 186 Å². The molecule has 0 radical (unpaired) electrons. The molecule has 59 heavy (non-hydrogen) atoms. The Bertz CT molecular complexity index is 1410. The van der Waals surface area contributed by atoms with Crippen molar-refractivity contribution in [2.24, 2.45) is 0 Å². The molecule has 0 spiro atoms. The predicted molar refractivity (Wildman–Crippen MR) is 214 cm³/mol. The summed E-state index contributed by atoms with van der Waals surface area (Å²) in [5.41, 5.74) is -0.334. The van der Waals surface area contributed by atoms with Crippen molar-refractivity contribution >= 4 is 33.4 Å². The molecular formula is C38H69N3Na2O13P2S. The summed E-state index contributed by atoms with van der Waals surface area (Å²) in [6, 6.07) is 0.202. The van der Waals surface area contributed by atoms with Crippen LogP contribution in [0.3, 0.4) is 0 Å². The Morgan fingerprint density at radius 1 is 0.864 bits per heavy atom. The first-order valence-corrected chi connectivity index (χ1v) is 25.1. The molecule has 7 atom stereocenters. The third-order valence-corrected chi connectivity index (χ3v) is 13.4. The van der Waals surface area contributed by atoms with Crippen molar-refractivity contribution in [1.82, 2.24) is 9.55 Å². The van der Waals surface area contributed by atoms with Crippen molar-refractivity contribution in [2.75, 3.05) is 24.7 Å². The fourth-order valence-electron chi connectivity index (χ4n) is 6.42. The van der Waals surface area contributed by atoms with Gasteiger partial charge >= 0.3 is 72.9 Å². The number of ether oxygens (including phenoxy) is 2. The number of rotatable bonds is 35. The Labute approximate surface area is 400 Å². The fourth-order valence-corrected chi connectivity index (χ4v) is 9.49. The van der Waals surface area contributed by atoms with Gasteiger partial charge in [-0.05, 0) is 24.7 Å². The number of thioether (sulfide) groups is 1. The van der Waals surface area contributed by atoms with E-state index in [2.05, 4.69) is 23.1 Å². The number of carbonyl (C=O) groups is 1. The number of phosphoric acid groups is 2. The summed E-state index contributed by atoms with van der Waals surface area (Å²) < 4.78 is 51.0. The minimum absolute atomic E-state index is 0. The van der Waals surface area contributed by atoms with Gasteiger partial charge in [-0.1, -0.05) is 136 Å². The zero-order valence-corrected chi connectivity index (χ0v) is 42.7. The van der Waals surface area contributed by atoms with Crippen LogP contribution in [-0.4, -0.2) is 79.8 Å². The summed E-state index contributed by atoms with van der Waals surface area (Å²) in [7, 11) is -10.9. The van der Waals surface area contributed by atoms with Crippen LogP contribution < -0.4 is 74.6 Å². The van der Waals surface area contributed by atoms with Crippen molar-refractivity contribution < 1.29 is 121 Å². The van der Waals surface area contributed by atoms with Crippen LogP contribution in [0.2, 0.25) is 0 Å². The number of hydrogen-bond donors (Lipinski definition) is 4. The van der Waals surface area contributed by atoms with E-state index in [4.69, 9.17) is 23.9 Å². The van der Waals surface area contributed by atoms with Gasteiger partial charge in [0.05, 0.1) is 19.2 Å². The number of aliphatic hydroxyl groups is 2. The van der Waals surface area contributed by atoms with Gasteiger partial charge in [0, 0.05) is 18.4 Å². The minimum Gasteiger partial charge on any atom is -0.846 e. The van der Waals surface area contributed by atoms with E-state index in [-0.39, 0.29) is 76.8 Å². The number of phosphoric ester groups is 2. The molecule has 2 rings (SSSR count). The van der Waals surface area contributed by atoms with Gasteiger partial charge in [0.1, 0.15) is 29.9 Å². The third kappa shape index (κ3) is 27.5. The van der Waals surface area contributed by atoms with Gasteiger partial charge < -0.3 is 43.7 Å². The second-order valence-electron chi connectivity index (χ2n) is 14.8. The number of esters is 1. The van der Waals surface area contributed by atoms with Crippen LogP contribution in [0.1, 0.15) is 161 Å². The smallest absolute Gasteiger partial charge is 0.846 e. The van der Waals surface area contributed by atoms with Crippen LogP contribution in [0, 0.1) is 5.41 Å². The molecule has 0 saturated carbocycles. The van der Waals surface area contributed by atoms with Crippen LogP contribution in [0.25, 0.3) is 0 Å². The first kappa shape index (κ1) is 59.6. The maximum absolute atomic E-state index is 12.7. The number of hydrogen-bond acceptors (Lipinski definition) is 15. The largest absolute Gasteiger partial charge is 1.00 e. The zero-order valence-electron chi connectivity index (χ0n) is 36.0. The van der Waals surface area contributed by atoms with Crippen LogP contribution >= 0.6 is 27.4 Å². The topological polar surface area (TPSA) is 246 Å². The van der Waals surface area contributed by atoms with Gasteiger partial charge in [-0.25, -0.2) is 13.9 Å². The van der Waals surface area contributed by atoms with E-state index >= 15 is 0 Å². The molecule has 4 N–H and O–H groups in total. The average molecular weight is 916 g/mol. The van der Waals surface area contributed by atoms with E-state index in [1.54, 1.807) is 0 Å². The second-order valence-corrected chi connectivity index (χ2v) is 18.9. The van der Waals surface area contributed by atoms with Crippen molar-refractivity contribution in [1.29, 1.82) is 5.41 Å². The number of aromatic nitrogens is 2. The summed E-state index contributed by atoms with van der Waals surface area (Å²) >= 11 is 1.50. The van der Waals surface area contributed by atoms with E-state index < -0.39 is 71.5 Å². The molecule has 0 amide bonds. The van der Waals surface area contributed by atoms with E-state index in [0.29, 0.717) is 6.42 Å². The third-order valence-electron chi connectivity index (χ3n) is 9.69. The maximum Gasteiger partial charge on any atom is 1.00 e. The van der Waals surface area contributed by atoms with Crippen LogP contribution in [-0.2, 0) is 36.8 Å². The molecule has 1 saturated heterocycles. The SMILES string of the molecule is CCCCCCCCCCCCCCCC(=O)OC(COP(=O)([O-])OP(=O)(O)OC[C@H]1O[C@@H](n2ccc(=N)nc2[O-])[C@@H](O)[C@@H]1O)CSCCCCCCCCCC.[Na+].[Na+]. The Morgan fingerprint density at radius 3 is 1.90 bits per heavy atom. The molecule has 1 aliphatic heterocycles. The number of nitrogens with zero attached hydrogens (tertiary/aromatic N) is 2. The molecule has 0 bridgehead atoms. The van der Waals surface area contributed by atoms with Gasteiger partial charge in [-0.3, -0.25) is 19.3 Å². The van der Waals surface area contributed by atoms with Crippen molar-refractivity contribution in [3.8, 4) is 6.01 Å². The quantitative estimate of drug-likeness (QED) is 0.0321. The van der Waals surface area contributed by atoms with E-state index in [9.17, 15) is 39.0 Å². The Kier molecular flexibility index (Phi) is 35.3. The summed E-state index contributed by atoms with van der Waals surface area (Å²) in [5.74, 6) is 0.539. The van der Waals surface area contributed by atoms with Gasteiger partial charge in [0.25, 0.3) is 7.82 Å². The van der Waals surface area contributed by atoms with Gasteiger partial charge in [-0.15, -0.1) is 0 Å². The molecule has 3 unspecified atom stereocenters. The number of unbranched alkanes of at least 4 members (excludes halogenated alkanes) is 19. The molecule has 0 aromatic carbocycles. The summed E-state index contributed by atoms with van der Waals surface area (Å²) in [6.45, 7) is 2.85. The summed E-state index contributed by atoms with van der Waals surface area (Å²) in [6.07, 6.45) is 18.4. The first-order chi connectivity index (χ1) is 27.3. The van der Waals surface area contributed by atoms with Crippen molar-refractivity contribution in [3.05, 3.63) is 17.8 Å². The monoisotopic (exact) mass is 915 g/mol. The van der Waals surface area contributed by atoms with Gasteiger partial charge in [0.15, 0.2) is 6.23 Å². The molecular weight excluding hydrogens is 846 g/mol. The van der Waals surface area contributed by atoms with Crippen molar-refractivity contribution in [3.63, 3.8) is 0 Å². The predicted octanol–water partition coefficient (Wildman–Crippen LogP) is 0.949. The molecule has 1 fully saturated rings. The minimum atomic E-state index is -5.50. The molecule has 16 nitrogen and oxygen atoms in total. The molecule has 1 aromatic heterocycles. The van der Waals surface area contributed by atoms with E-state index in [1.165, 1.54) is 102 Å². The Balaban J connectivity index is 0.0000168. The second kappa shape index (κ2) is 35.0. The number of nitrogens with one attached hydrogen (secondary N) is 1. The van der Waals surface area contributed by atoms with Gasteiger partial charge in [-0.2, -0.15) is 11.8 Å². The standard InChI is InChI=1S/C38H71N3O13P2S.2Na/c1-3-5-7-9-11-13-14-15-16-17-18-20-22-24-34(42)52-31(30-57-27-23-21-19-12-10-8-6-4-2)28-50-55(46,47)54-56(48,49)51-29-32-35(43)36(44)37(53-32)41-26-25-33(39)40-38(41)45;;/h25-26,31-32,35-37,43-44H,3-24,27-30H2,1-2H3,(H,46,47)(H,48,49)(H2,39,40,45);;/q;2*+1/p-2/t31?,32-,35-,36+,37-;;/m1../s1. The zero-order chi connectivity index (χ0) is 41.9. The van der Waals surface area contributed by atoms with E-state index in [0.717, 1.165) is 61.1 Å². The summed E-state index contributed by atoms with van der Waals surface area (Å²) in [4.78, 5) is 39.0. The maximum atomic E-state index is 12.7. The molecule has 332 valence electrons. The molecule has 21 heteroatoms. The molecule has 2 heterocycles. The Hall–Kier alpha value is 0.640. The fraction of sp³-hybridized carbons (Fsp3) is 0.868. The van der Waals surface area contributed by atoms with Crippen LogP contribution in [0.5, 0.6) is 6.01 Å². The first-order valence-electron chi connectivity index (χ1n) is 21.0. The average Bonchev–Trinajstić information content (AvgIpc) is 3.43. The Morgan fingerprint density at radius 2 is 1.37 bits per heavy atom. The molecule has 1 aliphatic rings. The summed E-state index contributed by atoms with van der Waals surface area (Å²) in [5, 5.41) is 40.3. The van der Waals surface area contributed by atoms with Gasteiger partial charge in [0.2, 0.25) is 0 Å². The molecule has 0 aliphatic carbocycles.